The van der Waals surface area contributed by atoms with Crippen LogP contribution in [0.1, 0.15) is 25.3 Å². The zero-order valence-electron chi connectivity index (χ0n) is 19.4. The molecule has 0 fully saturated rings. The second-order valence-electron chi connectivity index (χ2n) is 7.73. The molecule has 1 aromatic heterocycles. The number of ketones is 1. The number of carboxylic acid groups (broad SMARTS) is 1. The number of carboxylic acids is 1. The molecule has 0 spiro atoms. The Bertz CT molecular complexity index is 1140. The first kappa shape index (κ1) is 27.7. The summed E-state index contributed by atoms with van der Waals surface area (Å²) < 4.78 is 0.402. The van der Waals surface area contributed by atoms with Crippen molar-refractivity contribution in [2.75, 3.05) is 11.4 Å². The summed E-state index contributed by atoms with van der Waals surface area (Å²) in [6.45, 7) is 1.26. The summed E-state index contributed by atoms with van der Waals surface area (Å²) in [5.41, 5.74) is 16.5. The number of amides is 1. The van der Waals surface area contributed by atoms with Crippen LogP contribution in [0, 0.1) is 0 Å². The van der Waals surface area contributed by atoms with Gasteiger partial charge in [-0.25, -0.2) is 4.79 Å². The molecule has 0 saturated heterocycles. The molecule has 2 atom stereocenters. The minimum Gasteiger partial charge on any atom is -0.492 e. The number of hydrogen-bond acceptors (Lipinski definition) is 9. The lowest BCUT2D eigenvalue weighted by molar-refractivity contribution is -0.150. The van der Waals surface area contributed by atoms with Crippen LogP contribution < -0.4 is 26.9 Å². The molecule has 2 aromatic rings. The summed E-state index contributed by atoms with van der Waals surface area (Å²) in [5.74, 6) is -5.95. The van der Waals surface area contributed by atoms with Gasteiger partial charge in [0.05, 0.1) is 12.5 Å². The number of Topliss-reactive ketones (excluding diaryl/α,β-unsaturated/α-hetero) is 1. The van der Waals surface area contributed by atoms with E-state index in [4.69, 9.17) is 27.1 Å². The van der Waals surface area contributed by atoms with E-state index in [1.807, 2.05) is 0 Å². The third kappa shape index (κ3) is 6.96. The van der Waals surface area contributed by atoms with Gasteiger partial charge in [0.1, 0.15) is 0 Å². The normalized spacial score (nSPS) is 12.3. The number of aliphatic carboxylic acids is 1. The molecule has 36 heavy (non-hydrogen) atoms. The first-order chi connectivity index (χ1) is 16.9. The van der Waals surface area contributed by atoms with Crippen LogP contribution in [0.5, 0.6) is 11.8 Å². The van der Waals surface area contributed by atoms with Gasteiger partial charge in [-0.05, 0) is 31.9 Å². The minimum absolute atomic E-state index is 0.0712. The van der Waals surface area contributed by atoms with Gasteiger partial charge in [0, 0.05) is 23.9 Å². The van der Waals surface area contributed by atoms with E-state index in [0.29, 0.717) is 11.2 Å². The lowest BCUT2D eigenvalue weighted by Crippen LogP contribution is -2.56. The van der Waals surface area contributed by atoms with Crippen molar-refractivity contribution in [3.05, 3.63) is 42.0 Å². The largest absolute Gasteiger partial charge is 0.492 e. The minimum atomic E-state index is -1.91. The van der Waals surface area contributed by atoms with Gasteiger partial charge >= 0.3 is 11.9 Å². The topological polar surface area (TPSA) is 237 Å². The van der Waals surface area contributed by atoms with E-state index in [0.717, 1.165) is 17.9 Å². The monoisotopic (exact) mass is 504 g/mol. The Hall–Kier alpha value is -4.59. The summed E-state index contributed by atoms with van der Waals surface area (Å²) in [6.07, 6.45) is -0.170. The Morgan fingerprint density at radius 2 is 1.78 bits per heavy atom. The molecule has 1 heterocycles. The number of aromatic hydroxyl groups is 2. The van der Waals surface area contributed by atoms with Crippen LogP contribution in [0.4, 0.5) is 5.69 Å². The average molecular weight is 505 g/mol. The highest BCUT2D eigenvalue weighted by Gasteiger charge is 2.39. The van der Waals surface area contributed by atoms with Gasteiger partial charge in [-0.2, -0.15) is 0 Å². The smallest absolute Gasteiger partial charge is 0.363 e. The predicted octanol–water partition coefficient (Wildman–Crippen LogP) is -1.15. The number of carbonyl (C=O) groups is 4. The van der Waals surface area contributed by atoms with E-state index in [-0.39, 0.29) is 30.2 Å². The van der Waals surface area contributed by atoms with Crippen LogP contribution in [0.15, 0.2) is 41.4 Å². The lowest BCUT2D eigenvalue weighted by Gasteiger charge is -2.30. The SMILES string of the molecule is CC(=O)[C@@H](C(=O)On1c(O)cc(CCCN=C(N)N)c1O)N(C(=O)[C@@H](N)CC(=O)O)c1ccccc1. The van der Waals surface area contributed by atoms with E-state index in [9.17, 15) is 29.4 Å². The summed E-state index contributed by atoms with van der Waals surface area (Å²) in [6, 6.07) is 5.15. The number of hydrogen-bond donors (Lipinski definition) is 6. The molecule has 9 N–H and O–H groups in total. The first-order valence-corrected chi connectivity index (χ1v) is 10.7. The standard InChI is InChI=1S/C22H28N6O8/c1-12(29)18(27(14-7-3-2-4-8-14)20(34)15(23)11-17(31)32)21(35)36-28-16(30)10-13(19(28)33)6-5-9-26-22(24)25/h2-4,7-8,10,15,18,30,33H,5-6,9,11,23H2,1H3,(H,31,32)(H4,24,25,26)/t15-,18-/m0/s1. The number of benzene rings is 1. The number of nitrogens with two attached hydrogens (primary N) is 3. The van der Waals surface area contributed by atoms with E-state index in [1.54, 1.807) is 6.07 Å². The Balaban J connectivity index is 2.37. The first-order valence-electron chi connectivity index (χ1n) is 10.7. The zero-order chi connectivity index (χ0) is 27.0. The molecule has 0 aliphatic carbocycles. The molecule has 0 saturated carbocycles. The van der Waals surface area contributed by atoms with Crippen molar-refractivity contribution in [2.45, 2.75) is 38.3 Å². The highest BCUT2D eigenvalue weighted by Crippen LogP contribution is 2.28. The van der Waals surface area contributed by atoms with Crippen LogP contribution in [0.3, 0.4) is 0 Å². The van der Waals surface area contributed by atoms with Crippen LogP contribution >= 0.6 is 0 Å². The second kappa shape index (κ2) is 12.2. The van der Waals surface area contributed by atoms with Crippen molar-refractivity contribution in [3.63, 3.8) is 0 Å². The average Bonchev–Trinajstić information content (AvgIpc) is 3.06. The number of rotatable bonds is 12. The fraction of sp³-hybridized carbons (Fsp3) is 0.318. The molecule has 0 unspecified atom stereocenters. The fourth-order valence-corrected chi connectivity index (χ4v) is 3.31. The van der Waals surface area contributed by atoms with Gasteiger partial charge < -0.3 is 37.4 Å². The molecule has 14 nitrogen and oxygen atoms in total. The number of carbonyl (C=O) groups excluding carboxylic acids is 3. The molecular weight excluding hydrogens is 476 g/mol. The lowest BCUT2D eigenvalue weighted by atomic mass is 10.1. The molecule has 2 rings (SSSR count). The molecule has 194 valence electrons. The van der Waals surface area contributed by atoms with Crippen molar-refractivity contribution < 1.29 is 39.3 Å². The van der Waals surface area contributed by atoms with Gasteiger partial charge in [-0.15, -0.1) is 4.73 Å². The number of nitrogens with zero attached hydrogens (tertiary/aromatic N) is 3. The van der Waals surface area contributed by atoms with Gasteiger partial charge in [0.15, 0.2) is 17.8 Å². The van der Waals surface area contributed by atoms with E-state index in [1.165, 1.54) is 24.3 Å². The summed E-state index contributed by atoms with van der Waals surface area (Å²) >= 11 is 0. The number of aryl methyl sites for hydroxylation is 1. The van der Waals surface area contributed by atoms with E-state index in [2.05, 4.69) is 4.99 Å². The molecule has 1 amide bonds. The van der Waals surface area contributed by atoms with Gasteiger partial charge in [-0.3, -0.25) is 24.3 Å². The molecule has 0 bridgehead atoms. The van der Waals surface area contributed by atoms with Crippen LogP contribution in [-0.4, -0.2) is 68.3 Å². The molecule has 0 aliphatic rings. The maximum Gasteiger partial charge on any atom is 0.363 e. The molecule has 1 aromatic carbocycles. The second-order valence-corrected chi connectivity index (χ2v) is 7.73. The molecule has 14 heteroatoms. The quantitative estimate of drug-likeness (QED) is 0.0873. The van der Waals surface area contributed by atoms with Gasteiger partial charge in [0.2, 0.25) is 17.7 Å². The third-order valence-electron chi connectivity index (χ3n) is 4.92. The van der Waals surface area contributed by atoms with Crippen LogP contribution in [0.2, 0.25) is 0 Å². The van der Waals surface area contributed by atoms with Crippen LogP contribution in [-0.2, 0) is 25.6 Å². The highest BCUT2D eigenvalue weighted by molar-refractivity contribution is 6.13. The number of aliphatic imine (C=N–C) groups is 1. The molecular formula is C22H28N6O8. The zero-order valence-corrected chi connectivity index (χ0v) is 19.4. The number of anilines is 1. The summed E-state index contributed by atoms with van der Waals surface area (Å²) in [5, 5.41) is 29.6. The van der Waals surface area contributed by atoms with Crippen molar-refractivity contribution in [3.8, 4) is 11.8 Å². The van der Waals surface area contributed by atoms with Crippen molar-refractivity contribution in [1.29, 1.82) is 0 Å². The van der Waals surface area contributed by atoms with Crippen molar-refractivity contribution in [2.24, 2.45) is 22.2 Å². The van der Waals surface area contributed by atoms with E-state index >= 15 is 0 Å². The van der Waals surface area contributed by atoms with E-state index < -0.39 is 53.9 Å². The van der Waals surface area contributed by atoms with Gasteiger partial charge in [0.25, 0.3) is 0 Å². The summed E-state index contributed by atoms with van der Waals surface area (Å²) in [4.78, 5) is 59.3. The third-order valence-corrected chi connectivity index (χ3v) is 4.92. The number of guanidine groups is 1. The molecule has 0 aliphatic heterocycles. The fourth-order valence-electron chi connectivity index (χ4n) is 3.31. The number of aromatic nitrogens is 1. The van der Waals surface area contributed by atoms with Gasteiger partial charge in [-0.1, -0.05) is 18.2 Å². The Morgan fingerprint density at radius 1 is 1.14 bits per heavy atom. The van der Waals surface area contributed by atoms with Crippen molar-refractivity contribution >= 4 is 35.3 Å². The predicted molar refractivity (Wildman–Crippen MR) is 127 cm³/mol. The maximum absolute atomic E-state index is 13.1. The number of para-hydroxylation sites is 1. The molecule has 0 radical (unpaired) electrons. The maximum atomic E-state index is 13.1. The highest BCUT2D eigenvalue weighted by atomic mass is 16.7. The Labute approximate surface area is 205 Å². The summed E-state index contributed by atoms with van der Waals surface area (Å²) in [7, 11) is 0. The Kier molecular flexibility index (Phi) is 9.38. The van der Waals surface area contributed by atoms with Crippen LogP contribution in [0.25, 0.3) is 0 Å². The van der Waals surface area contributed by atoms with Crippen molar-refractivity contribution in [1.82, 2.24) is 4.73 Å². The Morgan fingerprint density at radius 3 is 2.33 bits per heavy atom.